The van der Waals surface area contributed by atoms with Crippen LogP contribution in [-0.4, -0.2) is 18.6 Å². The highest BCUT2D eigenvalue weighted by molar-refractivity contribution is 4.83. The van der Waals surface area contributed by atoms with Crippen molar-refractivity contribution in [3.8, 4) is 0 Å². The lowest BCUT2D eigenvalue weighted by Gasteiger charge is -2.32. The Morgan fingerprint density at radius 3 is 1.92 bits per heavy atom. The molecular weight excluding hydrogens is 148 g/mol. The molecule has 0 aliphatic rings. The quantitative estimate of drug-likeness (QED) is 0.576. The SMILES string of the molecule is CCC(CC)(CC)NCCCN. The van der Waals surface area contributed by atoms with E-state index in [0.29, 0.717) is 5.54 Å². The fourth-order valence-corrected chi connectivity index (χ4v) is 1.58. The van der Waals surface area contributed by atoms with Crippen molar-refractivity contribution >= 4 is 0 Å². The largest absolute Gasteiger partial charge is 0.330 e. The van der Waals surface area contributed by atoms with Crippen LogP contribution in [0.3, 0.4) is 0 Å². The summed E-state index contributed by atoms with van der Waals surface area (Å²) in [5, 5.41) is 3.60. The smallest absolute Gasteiger partial charge is 0.0173 e. The van der Waals surface area contributed by atoms with E-state index in [0.717, 1.165) is 19.5 Å². The molecule has 2 heteroatoms. The molecule has 0 atom stereocenters. The maximum Gasteiger partial charge on any atom is 0.0173 e. The van der Waals surface area contributed by atoms with Crippen molar-refractivity contribution in [3.63, 3.8) is 0 Å². The first kappa shape index (κ1) is 11.9. The van der Waals surface area contributed by atoms with Crippen LogP contribution < -0.4 is 11.1 Å². The van der Waals surface area contributed by atoms with E-state index in [1.54, 1.807) is 0 Å². The molecule has 0 heterocycles. The van der Waals surface area contributed by atoms with Gasteiger partial charge in [-0.15, -0.1) is 0 Å². The van der Waals surface area contributed by atoms with Gasteiger partial charge < -0.3 is 11.1 Å². The van der Waals surface area contributed by atoms with Gasteiger partial charge in [0.05, 0.1) is 0 Å². The molecule has 0 aliphatic heterocycles. The predicted molar refractivity (Wildman–Crippen MR) is 55.3 cm³/mol. The fourth-order valence-electron chi connectivity index (χ4n) is 1.58. The Morgan fingerprint density at radius 1 is 1.08 bits per heavy atom. The van der Waals surface area contributed by atoms with Crippen LogP contribution in [0.25, 0.3) is 0 Å². The van der Waals surface area contributed by atoms with E-state index in [1.165, 1.54) is 19.3 Å². The Labute approximate surface area is 76.9 Å². The lowest BCUT2D eigenvalue weighted by molar-refractivity contribution is 0.290. The van der Waals surface area contributed by atoms with Crippen LogP contribution in [0.1, 0.15) is 46.5 Å². The third-order valence-corrected chi connectivity index (χ3v) is 2.91. The van der Waals surface area contributed by atoms with Crippen LogP contribution in [0.15, 0.2) is 0 Å². The monoisotopic (exact) mass is 172 g/mol. The summed E-state index contributed by atoms with van der Waals surface area (Å²) in [4.78, 5) is 0. The number of nitrogens with one attached hydrogen (secondary N) is 1. The molecule has 3 N–H and O–H groups in total. The van der Waals surface area contributed by atoms with Crippen molar-refractivity contribution in [1.82, 2.24) is 5.32 Å². The van der Waals surface area contributed by atoms with Gasteiger partial charge in [-0.1, -0.05) is 20.8 Å². The van der Waals surface area contributed by atoms with E-state index in [2.05, 4.69) is 26.1 Å². The lowest BCUT2D eigenvalue weighted by atomic mass is 9.90. The maximum atomic E-state index is 5.44. The van der Waals surface area contributed by atoms with E-state index in [4.69, 9.17) is 5.73 Å². The summed E-state index contributed by atoms with van der Waals surface area (Å²) in [7, 11) is 0. The van der Waals surface area contributed by atoms with Gasteiger partial charge in [0, 0.05) is 5.54 Å². The number of nitrogens with two attached hydrogens (primary N) is 1. The first-order chi connectivity index (χ1) is 5.74. The van der Waals surface area contributed by atoms with E-state index < -0.39 is 0 Å². The fraction of sp³-hybridized carbons (Fsp3) is 1.00. The molecule has 0 saturated heterocycles. The molecule has 0 fully saturated rings. The van der Waals surface area contributed by atoms with Crippen LogP contribution in [0.2, 0.25) is 0 Å². The van der Waals surface area contributed by atoms with Crippen molar-refractivity contribution in [2.75, 3.05) is 13.1 Å². The van der Waals surface area contributed by atoms with Crippen LogP contribution in [0, 0.1) is 0 Å². The number of rotatable bonds is 7. The van der Waals surface area contributed by atoms with Gasteiger partial charge in [-0.2, -0.15) is 0 Å². The molecule has 12 heavy (non-hydrogen) atoms. The first-order valence-corrected chi connectivity index (χ1v) is 5.19. The van der Waals surface area contributed by atoms with Crippen molar-refractivity contribution in [2.24, 2.45) is 5.73 Å². The summed E-state index contributed by atoms with van der Waals surface area (Å²) in [5.41, 5.74) is 5.81. The molecule has 0 rings (SSSR count). The zero-order valence-corrected chi connectivity index (χ0v) is 8.82. The summed E-state index contributed by atoms with van der Waals surface area (Å²) < 4.78 is 0. The second kappa shape index (κ2) is 6.44. The highest BCUT2D eigenvalue weighted by atomic mass is 15.0. The molecule has 0 aliphatic carbocycles. The van der Waals surface area contributed by atoms with Gasteiger partial charge in [-0.25, -0.2) is 0 Å². The van der Waals surface area contributed by atoms with Gasteiger partial charge in [0.25, 0.3) is 0 Å². The molecule has 74 valence electrons. The minimum atomic E-state index is 0.370. The summed E-state index contributed by atoms with van der Waals surface area (Å²) in [6.45, 7) is 8.61. The molecule has 0 aromatic heterocycles. The minimum Gasteiger partial charge on any atom is -0.330 e. The lowest BCUT2D eigenvalue weighted by Crippen LogP contribution is -2.44. The molecule has 0 unspecified atom stereocenters. The predicted octanol–water partition coefficient (Wildman–Crippen LogP) is 1.89. The van der Waals surface area contributed by atoms with Gasteiger partial charge in [0.2, 0.25) is 0 Å². The Bertz CT molecular complexity index is 89.7. The van der Waals surface area contributed by atoms with Crippen LogP contribution in [-0.2, 0) is 0 Å². The zero-order chi connectivity index (χ0) is 9.45. The summed E-state index contributed by atoms with van der Waals surface area (Å²) in [6.07, 6.45) is 4.72. The standard InChI is InChI=1S/C10H24N2/c1-4-10(5-2,6-3)12-9-7-8-11/h12H,4-9,11H2,1-3H3. The molecule has 2 nitrogen and oxygen atoms in total. The Morgan fingerprint density at radius 2 is 1.58 bits per heavy atom. The average molecular weight is 172 g/mol. The molecule has 0 aromatic carbocycles. The molecule has 0 amide bonds. The Hall–Kier alpha value is -0.0800. The molecular formula is C10H24N2. The van der Waals surface area contributed by atoms with E-state index in [9.17, 15) is 0 Å². The van der Waals surface area contributed by atoms with Gasteiger partial charge in [-0.05, 0) is 38.8 Å². The second-order valence-electron chi connectivity index (χ2n) is 3.41. The summed E-state index contributed by atoms with van der Waals surface area (Å²) >= 11 is 0. The van der Waals surface area contributed by atoms with Gasteiger partial charge >= 0.3 is 0 Å². The van der Waals surface area contributed by atoms with Crippen molar-refractivity contribution in [3.05, 3.63) is 0 Å². The van der Waals surface area contributed by atoms with Crippen LogP contribution >= 0.6 is 0 Å². The van der Waals surface area contributed by atoms with Gasteiger partial charge in [0.1, 0.15) is 0 Å². The van der Waals surface area contributed by atoms with Crippen LogP contribution in [0.4, 0.5) is 0 Å². The number of hydrogen-bond donors (Lipinski definition) is 2. The first-order valence-electron chi connectivity index (χ1n) is 5.19. The van der Waals surface area contributed by atoms with E-state index in [1.807, 2.05) is 0 Å². The Balaban J connectivity index is 3.76. The number of hydrogen-bond acceptors (Lipinski definition) is 2. The molecule has 0 aromatic rings. The third kappa shape index (κ3) is 3.55. The van der Waals surface area contributed by atoms with Gasteiger partial charge in [-0.3, -0.25) is 0 Å². The van der Waals surface area contributed by atoms with Crippen molar-refractivity contribution in [1.29, 1.82) is 0 Å². The molecule has 0 radical (unpaired) electrons. The van der Waals surface area contributed by atoms with Crippen LogP contribution in [0.5, 0.6) is 0 Å². The highest BCUT2D eigenvalue weighted by Crippen LogP contribution is 2.18. The molecule has 0 spiro atoms. The summed E-state index contributed by atoms with van der Waals surface area (Å²) in [6, 6.07) is 0. The van der Waals surface area contributed by atoms with Crippen molar-refractivity contribution < 1.29 is 0 Å². The topological polar surface area (TPSA) is 38.0 Å². The van der Waals surface area contributed by atoms with Gasteiger partial charge in [0.15, 0.2) is 0 Å². The molecule has 0 bridgehead atoms. The average Bonchev–Trinajstić information content (AvgIpc) is 2.14. The highest BCUT2D eigenvalue weighted by Gasteiger charge is 2.21. The molecule has 0 saturated carbocycles. The van der Waals surface area contributed by atoms with E-state index in [-0.39, 0.29) is 0 Å². The Kier molecular flexibility index (Phi) is 6.39. The zero-order valence-electron chi connectivity index (χ0n) is 8.82. The third-order valence-electron chi connectivity index (χ3n) is 2.91. The van der Waals surface area contributed by atoms with Crippen molar-refractivity contribution in [2.45, 2.75) is 52.0 Å². The summed E-state index contributed by atoms with van der Waals surface area (Å²) in [5.74, 6) is 0. The maximum absolute atomic E-state index is 5.44. The van der Waals surface area contributed by atoms with E-state index >= 15 is 0 Å². The second-order valence-corrected chi connectivity index (χ2v) is 3.41. The normalized spacial score (nSPS) is 12.0. The minimum absolute atomic E-state index is 0.370.